The van der Waals surface area contributed by atoms with Crippen LogP contribution in [0.4, 0.5) is 18.9 Å². The monoisotopic (exact) mass is 256 g/mol. The Balaban J connectivity index is 2.70. The molecule has 96 valence electrons. The summed E-state index contributed by atoms with van der Waals surface area (Å²) in [6, 6.07) is 6.00. The number of nitrogens with one attached hydrogen (secondary N) is 1. The van der Waals surface area contributed by atoms with Crippen molar-refractivity contribution >= 4 is 11.6 Å². The predicted molar refractivity (Wildman–Crippen MR) is 59.5 cm³/mol. The van der Waals surface area contributed by atoms with Crippen LogP contribution in [0.1, 0.15) is 18.9 Å². The molecule has 0 aromatic heterocycles. The molecule has 0 radical (unpaired) electrons. The molecule has 0 fully saturated rings. The second-order valence-electron chi connectivity index (χ2n) is 3.83. The van der Waals surface area contributed by atoms with E-state index in [1.165, 1.54) is 12.1 Å². The lowest BCUT2D eigenvalue weighted by Gasteiger charge is -2.10. The van der Waals surface area contributed by atoms with Gasteiger partial charge in [-0.2, -0.15) is 18.4 Å². The predicted octanol–water partition coefficient (Wildman–Crippen LogP) is 3.19. The van der Waals surface area contributed by atoms with Crippen LogP contribution >= 0.6 is 0 Å². The van der Waals surface area contributed by atoms with Crippen LogP contribution < -0.4 is 5.32 Å². The van der Waals surface area contributed by atoms with E-state index in [1.54, 1.807) is 6.92 Å². The third-order valence-corrected chi connectivity index (χ3v) is 2.32. The van der Waals surface area contributed by atoms with E-state index in [0.717, 1.165) is 12.1 Å². The Kier molecular flexibility index (Phi) is 4.32. The van der Waals surface area contributed by atoms with Gasteiger partial charge in [0, 0.05) is 18.0 Å². The minimum Gasteiger partial charge on any atom is -0.326 e. The van der Waals surface area contributed by atoms with E-state index >= 15 is 0 Å². The van der Waals surface area contributed by atoms with Gasteiger partial charge in [0.1, 0.15) is 0 Å². The third kappa shape index (κ3) is 3.77. The number of benzene rings is 1. The van der Waals surface area contributed by atoms with E-state index in [4.69, 9.17) is 5.26 Å². The molecule has 0 aliphatic heterocycles. The highest BCUT2D eigenvalue weighted by atomic mass is 19.4. The maximum absolute atomic E-state index is 12.3. The van der Waals surface area contributed by atoms with E-state index < -0.39 is 23.6 Å². The highest BCUT2D eigenvalue weighted by Gasteiger charge is 2.30. The molecule has 0 heterocycles. The van der Waals surface area contributed by atoms with Crippen molar-refractivity contribution in [2.75, 3.05) is 5.32 Å². The van der Waals surface area contributed by atoms with Gasteiger partial charge in [0.15, 0.2) is 0 Å². The van der Waals surface area contributed by atoms with Gasteiger partial charge < -0.3 is 5.32 Å². The summed E-state index contributed by atoms with van der Waals surface area (Å²) in [5.74, 6) is -0.895. The van der Waals surface area contributed by atoms with E-state index in [-0.39, 0.29) is 12.1 Å². The lowest BCUT2D eigenvalue weighted by Crippen LogP contribution is -2.20. The van der Waals surface area contributed by atoms with Gasteiger partial charge in [-0.25, -0.2) is 0 Å². The van der Waals surface area contributed by atoms with Gasteiger partial charge in [-0.05, 0) is 24.3 Å². The Labute approximate surface area is 102 Å². The van der Waals surface area contributed by atoms with Gasteiger partial charge in [0.05, 0.1) is 11.6 Å². The minimum atomic E-state index is -4.39. The lowest BCUT2D eigenvalue weighted by atomic mass is 10.1. The molecule has 1 atom stereocenters. The Morgan fingerprint density at radius 1 is 1.39 bits per heavy atom. The molecule has 3 nitrogen and oxygen atoms in total. The first kappa shape index (κ1) is 14.0. The fraction of sp³-hybridized carbons (Fsp3) is 0.333. The summed E-state index contributed by atoms with van der Waals surface area (Å²) >= 11 is 0. The topological polar surface area (TPSA) is 52.9 Å². The van der Waals surface area contributed by atoms with Gasteiger partial charge in [-0.15, -0.1) is 0 Å². The Bertz CT molecular complexity index is 460. The molecule has 1 unspecified atom stereocenters. The van der Waals surface area contributed by atoms with Gasteiger partial charge >= 0.3 is 6.18 Å². The summed E-state index contributed by atoms with van der Waals surface area (Å²) in [6.07, 6.45) is -4.33. The van der Waals surface area contributed by atoms with Gasteiger partial charge in [-0.1, -0.05) is 6.92 Å². The van der Waals surface area contributed by atoms with E-state index in [2.05, 4.69) is 5.32 Å². The minimum absolute atomic E-state index is 0.0620. The van der Waals surface area contributed by atoms with Crippen LogP contribution in [0.3, 0.4) is 0 Å². The number of halogens is 3. The average Bonchev–Trinajstić information content (AvgIpc) is 2.28. The molecule has 1 rings (SSSR count). The van der Waals surface area contributed by atoms with E-state index in [9.17, 15) is 18.0 Å². The number of amides is 1. The van der Waals surface area contributed by atoms with Gasteiger partial charge in [-0.3, -0.25) is 4.79 Å². The fourth-order valence-corrected chi connectivity index (χ4v) is 1.24. The maximum atomic E-state index is 12.3. The molecule has 6 heteroatoms. The number of nitrogens with zero attached hydrogens (tertiary/aromatic N) is 1. The van der Waals surface area contributed by atoms with Crippen molar-refractivity contribution < 1.29 is 18.0 Å². The first-order valence-electron chi connectivity index (χ1n) is 5.19. The molecule has 0 bridgehead atoms. The first-order valence-corrected chi connectivity index (χ1v) is 5.19. The summed E-state index contributed by atoms with van der Waals surface area (Å²) in [6.45, 7) is 1.57. The zero-order valence-corrected chi connectivity index (χ0v) is 9.58. The fourth-order valence-electron chi connectivity index (χ4n) is 1.24. The normalized spacial score (nSPS) is 12.6. The molecular formula is C12H11F3N2O. The second-order valence-corrected chi connectivity index (χ2v) is 3.83. The van der Waals surface area contributed by atoms with Crippen LogP contribution in [0.5, 0.6) is 0 Å². The summed E-state index contributed by atoms with van der Waals surface area (Å²) in [7, 11) is 0. The molecule has 0 saturated heterocycles. The Morgan fingerprint density at radius 2 is 1.94 bits per heavy atom. The van der Waals surface area contributed by atoms with Gasteiger partial charge in [0.25, 0.3) is 0 Å². The molecule has 0 aliphatic rings. The number of rotatable bonds is 3. The number of carbonyl (C=O) groups excluding carboxylic acids is 1. The zero-order chi connectivity index (χ0) is 13.8. The van der Waals surface area contributed by atoms with Crippen molar-refractivity contribution in [2.45, 2.75) is 19.5 Å². The Morgan fingerprint density at radius 3 is 2.39 bits per heavy atom. The van der Waals surface area contributed by atoms with Crippen LogP contribution in [-0.2, 0) is 11.0 Å². The number of nitriles is 1. The molecule has 0 saturated carbocycles. The van der Waals surface area contributed by atoms with Crippen molar-refractivity contribution in [2.24, 2.45) is 5.92 Å². The highest BCUT2D eigenvalue weighted by molar-refractivity contribution is 5.92. The van der Waals surface area contributed by atoms with Crippen LogP contribution in [0.2, 0.25) is 0 Å². The highest BCUT2D eigenvalue weighted by Crippen LogP contribution is 2.29. The average molecular weight is 256 g/mol. The van der Waals surface area contributed by atoms with Crippen LogP contribution in [-0.4, -0.2) is 5.91 Å². The molecule has 1 N–H and O–H groups in total. The second kappa shape index (κ2) is 5.54. The standard InChI is InChI=1S/C12H11F3N2O/c1-8(6-7-16)11(18)17-10-4-2-9(3-5-10)12(13,14)15/h2-5,8H,6H2,1H3,(H,17,18). The molecule has 1 aromatic rings. The van der Waals surface area contributed by atoms with Crippen molar-refractivity contribution in [1.29, 1.82) is 5.26 Å². The lowest BCUT2D eigenvalue weighted by molar-refractivity contribution is -0.137. The maximum Gasteiger partial charge on any atom is 0.416 e. The van der Waals surface area contributed by atoms with Crippen LogP contribution in [0.25, 0.3) is 0 Å². The van der Waals surface area contributed by atoms with Crippen molar-refractivity contribution in [3.63, 3.8) is 0 Å². The summed E-state index contributed by atoms with van der Waals surface area (Å²) in [5.41, 5.74) is -0.497. The molecular weight excluding hydrogens is 245 g/mol. The summed E-state index contributed by atoms with van der Waals surface area (Å²) < 4.78 is 36.9. The quantitative estimate of drug-likeness (QED) is 0.902. The SMILES string of the molecule is CC(CC#N)C(=O)Nc1ccc(C(F)(F)F)cc1. The number of hydrogen-bond acceptors (Lipinski definition) is 2. The number of alkyl halides is 3. The molecule has 18 heavy (non-hydrogen) atoms. The van der Waals surface area contributed by atoms with Gasteiger partial charge in [0.2, 0.25) is 5.91 Å². The van der Waals surface area contributed by atoms with Crippen LogP contribution in [0.15, 0.2) is 24.3 Å². The smallest absolute Gasteiger partial charge is 0.326 e. The molecule has 1 aromatic carbocycles. The number of anilines is 1. The molecule has 0 aliphatic carbocycles. The third-order valence-electron chi connectivity index (χ3n) is 2.32. The van der Waals surface area contributed by atoms with Crippen LogP contribution in [0, 0.1) is 17.2 Å². The van der Waals surface area contributed by atoms with Crippen molar-refractivity contribution in [1.82, 2.24) is 0 Å². The number of carbonyl (C=O) groups is 1. The molecule has 1 amide bonds. The first-order chi connectivity index (χ1) is 8.34. The number of hydrogen-bond donors (Lipinski definition) is 1. The van der Waals surface area contributed by atoms with Crippen molar-refractivity contribution in [3.8, 4) is 6.07 Å². The largest absolute Gasteiger partial charge is 0.416 e. The molecule has 0 spiro atoms. The van der Waals surface area contributed by atoms with E-state index in [1.807, 2.05) is 6.07 Å². The summed E-state index contributed by atoms with van der Waals surface area (Å²) in [5, 5.41) is 10.9. The van der Waals surface area contributed by atoms with E-state index in [0.29, 0.717) is 0 Å². The summed E-state index contributed by atoms with van der Waals surface area (Å²) in [4.78, 5) is 11.5. The zero-order valence-electron chi connectivity index (χ0n) is 9.58. The van der Waals surface area contributed by atoms with Crippen molar-refractivity contribution in [3.05, 3.63) is 29.8 Å². The Hall–Kier alpha value is -2.03.